The van der Waals surface area contributed by atoms with Gasteiger partial charge in [0.05, 0.1) is 12.9 Å². The molecule has 0 bridgehead atoms. The van der Waals surface area contributed by atoms with Crippen molar-refractivity contribution in [1.29, 1.82) is 0 Å². The highest BCUT2D eigenvalue weighted by molar-refractivity contribution is 9.10. The second kappa shape index (κ2) is 11.2. The van der Waals surface area contributed by atoms with E-state index in [1.54, 1.807) is 6.07 Å². The Morgan fingerprint density at radius 1 is 1.20 bits per heavy atom. The van der Waals surface area contributed by atoms with Gasteiger partial charge in [-0.25, -0.2) is 4.79 Å². The van der Waals surface area contributed by atoms with Gasteiger partial charge in [-0.2, -0.15) is 0 Å². The van der Waals surface area contributed by atoms with Gasteiger partial charge in [-0.15, -0.1) is 21.5 Å². The molecule has 0 saturated heterocycles. The second-order valence-corrected chi connectivity index (χ2v) is 10.2. The topological polar surface area (TPSA) is 99.2 Å². The number of aromatic nitrogens is 3. The SMILES string of the molecule is CCCn1c(SCC(=O)Nc2scc(-c3ccc(C)cc3)c2C(=O)OC)nnc1-c1ccc(Br)o1. The smallest absolute Gasteiger partial charge is 0.341 e. The highest BCUT2D eigenvalue weighted by atomic mass is 79.9. The first-order chi connectivity index (χ1) is 16.9. The van der Waals surface area contributed by atoms with Crippen molar-refractivity contribution in [2.75, 3.05) is 18.2 Å². The Kier molecular flexibility index (Phi) is 8.09. The third kappa shape index (κ3) is 5.68. The number of nitrogens with one attached hydrogen (secondary N) is 1. The molecule has 0 aliphatic heterocycles. The number of benzene rings is 1. The molecule has 1 N–H and O–H groups in total. The summed E-state index contributed by atoms with van der Waals surface area (Å²) in [6, 6.07) is 11.5. The van der Waals surface area contributed by atoms with Crippen molar-refractivity contribution in [2.45, 2.75) is 32.0 Å². The number of nitrogens with zero attached hydrogens (tertiary/aromatic N) is 3. The summed E-state index contributed by atoms with van der Waals surface area (Å²) in [5, 5.41) is 14.3. The van der Waals surface area contributed by atoms with Crippen LogP contribution in [0.5, 0.6) is 0 Å². The number of anilines is 1. The minimum absolute atomic E-state index is 0.0993. The van der Waals surface area contributed by atoms with Gasteiger partial charge in [-0.05, 0) is 47.0 Å². The number of thioether (sulfide) groups is 1. The van der Waals surface area contributed by atoms with Crippen molar-refractivity contribution in [3.05, 3.63) is 57.6 Å². The number of carbonyl (C=O) groups is 2. The Morgan fingerprint density at radius 2 is 1.97 bits per heavy atom. The zero-order chi connectivity index (χ0) is 24.9. The second-order valence-electron chi connectivity index (χ2n) is 7.61. The van der Waals surface area contributed by atoms with Crippen LogP contribution < -0.4 is 5.32 Å². The number of aryl methyl sites for hydroxylation is 1. The molecular formula is C24H23BrN4O4S2. The maximum absolute atomic E-state index is 12.8. The van der Waals surface area contributed by atoms with E-state index in [1.807, 2.05) is 47.2 Å². The Bertz CT molecular complexity index is 1340. The molecule has 0 spiro atoms. The van der Waals surface area contributed by atoms with Crippen LogP contribution in [0.1, 0.15) is 29.3 Å². The Labute approximate surface area is 219 Å². The average Bonchev–Trinajstić information content (AvgIpc) is 3.57. The molecule has 8 nitrogen and oxygen atoms in total. The van der Waals surface area contributed by atoms with Crippen LogP contribution in [0.25, 0.3) is 22.7 Å². The van der Waals surface area contributed by atoms with Crippen LogP contribution in [0.2, 0.25) is 0 Å². The summed E-state index contributed by atoms with van der Waals surface area (Å²) in [6.07, 6.45) is 0.867. The number of halogens is 1. The highest BCUT2D eigenvalue weighted by Gasteiger charge is 2.23. The molecule has 1 aromatic carbocycles. The normalized spacial score (nSPS) is 11.0. The number of thiophene rings is 1. The van der Waals surface area contributed by atoms with Crippen molar-refractivity contribution in [1.82, 2.24) is 14.8 Å². The number of carbonyl (C=O) groups excluding carboxylic acids is 2. The van der Waals surface area contributed by atoms with E-state index in [0.717, 1.165) is 23.1 Å². The molecule has 11 heteroatoms. The van der Waals surface area contributed by atoms with Crippen LogP contribution in [-0.4, -0.2) is 39.5 Å². The standard InChI is InChI=1S/C24H23BrN4O4S2/c1-4-11-29-21(17-9-10-18(25)33-17)27-28-24(29)35-13-19(30)26-22-20(23(31)32-3)16(12-34-22)15-7-5-14(2)6-8-15/h5-10,12H,4,11,13H2,1-3H3,(H,26,30). The quantitative estimate of drug-likeness (QED) is 0.186. The highest BCUT2D eigenvalue weighted by Crippen LogP contribution is 2.36. The van der Waals surface area contributed by atoms with Gasteiger partial charge in [0.2, 0.25) is 11.7 Å². The first-order valence-electron chi connectivity index (χ1n) is 10.8. The molecule has 0 aliphatic rings. The van der Waals surface area contributed by atoms with Gasteiger partial charge in [0.25, 0.3) is 0 Å². The molecule has 4 aromatic rings. The fraction of sp³-hybridized carbons (Fsp3) is 0.250. The van der Waals surface area contributed by atoms with Crippen LogP contribution in [0.3, 0.4) is 0 Å². The summed E-state index contributed by atoms with van der Waals surface area (Å²) < 4.78 is 13.2. The Hall–Kier alpha value is -2.89. The molecular weight excluding hydrogens is 552 g/mol. The number of furan rings is 1. The van der Waals surface area contributed by atoms with Gasteiger partial charge in [-0.3, -0.25) is 9.36 Å². The molecule has 35 heavy (non-hydrogen) atoms. The molecule has 1 amide bonds. The van der Waals surface area contributed by atoms with Crippen molar-refractivity contribution in [3.63, 3.8) is 0 Å². The first kappa shape index (κ1) is 25.2. The van der Waals surface area contributed by atoms with E-state index in [2.05, 4.69) is 38.4 Å². The van der Waals surface area contributed by atoms with Crippen LogP contribution >= 0.6 is 39.0 Å². The fourth-order valence-electron chi connectivity index (χ4n) is 3.43. The van der Waals surface area contributed by atoms with E-state index in [-0.39, 0.29) is 11.7 Å². The molecule has 0 radical (unpaired) electrons. The van der Waals surface area contributed by atoms with Crippen LogP contribution in [-0.2, 0) is 16.1 Å². The molecule has 3 heterocycles. The summed E-state index contributed by atoms with van der Waals surface area (Å²) in [6.45, 7) is 4.74. The summed E-state index contributed by atoms with van der Waals surface area (Å²) in [5.41, 5.74) is 3.07. The summed E-state index contributed by atoms with van der Waals surface area (Å²) in [7, 11) is 1.33. The predicted molar refractivity (Wildman–Crippen MR) is 141 cm³/mol. The van der Waals surface area contributed by atoms with Crippen LogP contribution in [0.15, 0.2) is 56.0 Å². The number of hydrogen-bond acceptors (Lipinski definition) is 8. The van der Waals surface area contributed by atoms with E-state index >= 15 is 0 Å². The molecule has 0 atom stereocenters. The van der Waals surface area contributed by atoms with Gasteiger partial charge in [-0.1, -0.05) is 48.5 Å². The maximum Gasteiger partial charge on any atom is 0.341 e. The fourth-order valence-corrected chi connectivity index (χ4v) is 5.48. The molecule has 0 fully saturated rings. The number of rotatable bonds is 9. The lowest BCUT2D eigenvalue weighted by atomic mass is 10.0. The summed E-state index contributed by atoms with van der Waals surface area (Å²) in [5.74, 6) is 0.545. The van der Waals surface area contributed by atoms with Gasteiger partial charge in [0, 0.05) is 17.5 Å². The van der Waals surface area contributed by atoms with Crippen LogP contribution in [0, 0.1) is 6.92 Å². The number of amides is 1. The van der Waals surface area contributed by atoms with Gasteiger partial charge in [0.15, 0.2) is 15.6 Å². The molecule has 182 valence electrons. The zero-order valence-corrected chi connectivity index (χ0v) is 22.6. The van der Waals surface area contributed by atoms with E-state index in [0.29, 0.717) is 38.5 Å². The van der Waals surface area contributed by atoms with Gasteiger partial charge in [0.1, 0.15) is 10.6 Å². The predicted octanol–water partition coefficient (Wildman–Crippen LogP) is 6.26. The molecule has 0 saturated carbocycles. The third-order valence-electron chi connectivity index (χ3n) is 5.09. The first-order valence-corrected chi connectivity index (χ1v) is 13.5. The lowest BCUT2D eigenvalue weighted by Crippen LogP contribution is -2.16. The monoisotopic (exact) mass is 574 g/mol. The van der Waals surface area contributed by atoms with E-state index in [4.69, 9.17) is 9.15 Å². The van der Waals surface area contributed by atoms with Crippen molar-refractivity contribution in [2.24, 2.45) is 0 Å². The molecule has 0 unspecified atom stereocenters. The lowest BCUT2D eigenvalue weighted by Gasteiger charge is -2.09. The maximum atomic E-state index is 12.8. The van der Waals surface area contributed by atoms with Gasteiger partial charge < -0.3 is 14.5 Å². The average molecular weight is 576 g/mol. The zero-order valence-electron chi connectivity index (χ0n) is 19.3. The number of hydrogen-bond donors (Lipinski definition) is 1. The van der Waals surface area contributed by atoms with Crippen molar-refractivity contribution < 1.29 is 18.7 Å². The molecule has 0 aliphatic carbocycles. The van der Waals surface area contributed by atoms with E-state index in [9.17, 15) is 9.59 Å². The summed E-state index contributed by atoms with van der Waals surface area (Å²) >= 11 is 5.87. The minimum Gasteiger partial charge on any atom is -0.465 e. The third-order valence-corrected chi connectivity index (χ3v) is 7.37. The number of esters is 1. The number of methoxy groups -OCH3 is 1. The molecule has 4 rings (SSSR count). The largest absolute Gasteiger partial charge is 0.465 e. The van der Waals surface area contributed by atoms with Crippen LogP contribution in [0.4, 0.5) is 5.00 Å². The lowest BCUT2D eigenvalue weighted by molar-refractivity contribution is -0.113. The Balaban J connectivity index is 1.51. The minimum atomic E-state index is -0.498. The molecule has 3 aromatic heterocycles. The van der Waals surface area contributed by atoms with Crippen molar-refractivity contribution in [3.8, 4) is 22.7 Å². The Morgan fingerprint density at radius 3 is 2.63 bits per heavy atom. The summed E-state index contributed by atoms with van der Waals surface area (Å²) in [4.78, 5) is 25.4. The van der Waals surface area contributed by atoms with E-state index < -0.39 is 5.97 Å². The van der Waals surface area contributed by atoms with Crippen molar-refractivity contribution >= 4 is 55.9 Å². The van der Waals surface area contributed by atoms with E-state index in [1.165, 1.54) is 30.2 Å². The number of ether oxygens (including phenoxy) is 1. The van der Waals surface area contributed by atoms with Gasteiger partial charge >= 0.3 is 5.97 Å².